The van der Waals surface area contributed by atoms with Gasteiger partial charge in [-0.25, -0.2) is 4.79 Å². The Morgan fingerprint density at radius 2 is 1.49 bits per heavy atom. The lowest BCUT2D eigenvalue weighted by molar-refractivity contribution is 0.00880. The second-order valence-corrected chi connectivity index (χ2v) is 15.4. The number of hydrogen-bond acceptors (Lipinski definition) is 8. The highest BCUT2D eigenvalue weighted by Gasteiger charge is 2.33. The van der Waals surface area contributed by atoms with E-state index in [4.69, 9.17) is 24.3 Å². The molecule has 2 fully saturated rings. The van der Waals surface area contributed by atoms with Crippen molar-refractivity contribution in [1.29, 1.82) is 0 Å². The summed E-state index contributed by atoms with van der Waals surface area (Å²) < 4.78 is 20.2. The number of piperidine rings is 1. The molecule has 2 aliphatic heterocycles. The number of aromatic nitrogens is 3. The summed E-state index contributed by atoms with van der Waals surface area (Å²) in [4.78, 5) is 24.5. The summed E-state index contributed by atoms with van der Waals surface area (Å²) in [6, 6.07) is 30.6. The van der Waals surface area contributed by atoms with Gasteiger partial charge in [-0.15, -0.1) is 0 Å². The van der Waals surface area contributed by atoms with Crippen LogP contribution in [0.25, 0.3) is 22.2 Å². The van der Waals surface area contributed by atoms with E-state index in [2.05, 4.69) is 34.9 Å². The average molecular weight is 717 g/mol. The van der Waals surface area contributed by atoms with Crippen LogP contribution in [0.15, 0.2) is 91.0 Å². The van der Waals surface area contributed by atoms with Crippen LogP contribution in [-0.4, -0.2) is 82.1 Å². The molecule has 3 aromatic carbocycles. The maximum absolute atomic E-state index is 12.7. The summed E-state index contributed by atoms with van der Waals surface area (Å²) in [6.45, 7) is 15.3. The molecule has 0 radical (unpaired) electrons. The second kappa shape index (κ2) is 15.9. The number of hydrogen-bond donors (Lipinski definition) is 0. The van der Waals surface area contributed by atoms with Crippen LogP contribution in [-0.2, 0) is 25.0 Å². The summed E-state index contributed by atoms with van der Waals surface area (Å²) in [5.74, 6) is 1.98. The number of fused-ring (bicyclic) bond motifs is 1. The normalized spacial score (nSPS) is 18.3. The number of carbonyl (C=O) groups is 1. The van der Waals surface area contributed by atoms with E-state index in [0.717, 1.165) is 85.5 Å². The molecule has 5 aromatic rings. The molecule has 2 atom stereocenters. The number of amides is 1. The number of pyridine rings is 1. The van der Waals surface area contributed by atoms with Gasteiger partial charge in [0.2, 0.25) is 11.8 Å². The second-order valence-electron chi connectivity index (χ2n) is 15.4. The number of benzene rings is 3. The Bertz CT molecular complexity index is 1990. The highest BCUT2D eigenvalue weighted by Crippen LogP contribution is 2.38. The van der Waals surface area contributed by atoms with Gasteiger partial charge in [-0.1, -0.05) is 79.7 Å². The predicted molar refractivity (Wildman–Crippen MR) is 209 cm³/mol. The summed E-state index contributed by atoms with van der Waals surface area (Å²) in [7, 11) is 2.02. The Morgan fingerprint density at radius 1 is 0.811 bits per heavy atom. The van der Waals surface area contributed by atoms with Gasteiger partial charge < -0.3 is 24.0 Å². The van der Waals surface area contributed by atoms with Crippen LogP contribution in [0.3, 0.4) is 0 Å². The van der Waals surface area contributed by atoms with Crippen molar-refractivity contribution in [2.45, 2.75) is 52.9 Å². The van der Waals surface area contributed by atoms with Crippen LogP contribution in [0.5, 0.6) is 11.8 Å². The molecule has 4 heterocycles. The number of anilines is 1. The Balaban J connectivity index is 1.05. The van der Waals surface area contributed by atoms with Crippen molar-refractivity contribution in [3.8, 4) is 23.0 Å². The van der Waals surface area contributed by atoms with Crippen molar-refractivity contribution < 1.29 is 19.0 Å². The highest BCUT2D eigenvalue weighted by atomic mass is 16.6. The number of ether oxygens (including phenoxy) is 3. The van der Waals surface area contributed by atoms with E-state index >= 15 is 0 Å². The molecule has 7 rings (SSSR count). The maximum atomic E-state index is 12.7. The average Bonchev–Trinajstić information content (AvgIpc) is 3.50. The summed E-state index contributed by atoms with van der Waals surface area (Å²) in [5.41, 5.74) is 5.60. The van der Waals surface area contributed by atoms with E-state index in [0.29, 0.717) is 36.8 Å². The lowest BCUT2D eigenvalue weighted by Gasteiger charge is -2.42. The third kappa shape index (κ3) is 8.76. The topological polar surface area (TPSA) is 85.2 Å². The first-order valence-electron chi connectivity index (χ1n) is 18.9. The fraction of sp³-hybridized carbons (Fsp3) is 0.419. The molecule has 2 aliphatic rings. The number of nitrogens with zero attached hydrogens (tertiary/aromatic N) is 6. The van der Waals surface area contributed by atoms with Crippen LogP contribution in [0.2, 0.25) is 0 Å². The molecule has 0 saturated carbocycles. The van der Waals surface area contributed by atoms with Crippen LogP contribution < -0.4 is 14.4 Å². The lowest BCUT2D eigenvalue weighted by atomic mass is 9.86. The zero-order chi connectivity index (χ0) is 37.0. The van der Waals surface area contributed by atoms with Gasteiger partial charge in [-0.2, -0.15) is 10.1 Å². The molecule has 2 saturated heterocycles. The van der Waals surface area contributed by atoms with Crippen LogP contribution in [0.1, 0.15) is 45.2 Å². The highest BCUT2D eigenvalue weighted by molar-refractivity contribution is 6.01. The Hall–Kier alpha value is -5.09. The predicted octanol–water partition coefficient (Wildman–Crippen LogP) is 7.81. The van der Waals surface area contributed by atoms with Crippen molar-refractivity contribution in [3.63, 3.8) is 0 Å². The van der Waals surface area contributed by atoms with Crippen LogP contribution >= 0.6 is 0 Å². The van der Waals surface area contributed by atoms with Crippen molar-refractivity contribution in [2.75, 3.05) is 50.7 Å². The monoisotopic (exact) mass is 716 g/mol. The quantitative estimate of drug-likeness (QED) is 0.145. The Morgan fingerprint density at radius 3 is 2.15 bits per heavy atom. The van der Waals surface area contributed by atoms with Crippen molar-refractivity contribution in [2.24, 2.45) is 18.9 Å². The molecular weight excluding hydrogens is 665 g/mol. The SMILES string of the molecule is C[C@@H]1CN(C(=O)OC(C)(C)C)CC[C@@H]1CN1CCN(c2cccc3c(-c4ccc(OCc5ccccc5)nc4OCc4ccccc4)nn(C)c23)CC1. The van der Waals surface area contributed by atoms with E-state index in [-0.39, 0.29) is 6.09 Å². The van der Waals surface area contributed by atoms with Gasteiger partial charge in [0.05, 0.1) is 16.8 Å². The number of piperazine rings is 1. The first-order chi connectivity index (χ1) is 25.6. The molecular formula is C43H52N6O4. The molecule has 53 heavy (non-hydrogen) atoms. The third-order valence-corrected chi connectivity index (χ3v) is 10.3. The van der Waals surface area contributed by atoms with Crippen LogP contribution in [0.4, 0.5) is 10.5 Å². The van der Waals surface area contributed by atoms with Crippen molar-refractivity contribution in [1.82, 2.24) is 24.6 Å². The fourth-order valence-corrected chi connectivity index (χ4v) is 7.48. The minimum atomic E-state index is -0.473. The number of carbonyl (C=O) groups excluding carboxylic acids is 1. The minimum Gasteiger partial charge on any atom is -0.473 e. The number of rotatable bonds is 10. The molecule has 1 amide bonds. The Kier molecular flexibility index (Phi) is 10.9. The Labute approximate surface area is 313 Å². The summed E-state index contributed by atoms with van der Waals surface area (Å²) in [5, 5.41) is 6.13. The van der Waals surface area contributed by atoms with Crippen LogP contribution in [0, 0.1) is 11.8 Å². The van der Waals surface area contributed by atoms with E-state index in [1.54, 1.807) is 0 Å². The summed E-state index contributed by atoms with van der Waals surface area (Å²) in [6.07, 6.45) is 0.810. The smallest absolute Gasteiger partial charge is 0.410 e. The van der Waals surface area contributed by atoms with Gasteiger partial charge in [-0.3, -0.25) is 9.58 Å². The standard InChI is InChI=1S/C43H52N6O4/c1-31-27-49(42(50)53-43(2,3)4)22-21-34(31)28-47-23-25-48(26-24-47)37-18-12-17-35-39(45-46(5)40(35)37)36-19-20-38(51-29-32-13-8-6-9-14-32)44-41(36)52-30-33-15-10-7-11-16-33/h6-20,31,34H,21-30H2,1-5H3/t31-,34-/m1/s1. The molecule has 278 valence electrons. The first-order valence-corrected chi connectivity index (χ1v) is 18.9. The molecule has 10 heteroatoms. The van der Waals surface area contributed by atoms with Gasteiger partial charge in [0.15, 0.2) is 0 Å². The van der Waals surface area contributed by atoms with E-state index in [9.17, 15) is 4.79 Å². The zero-order valence-electron chi connectivity index (χ0n) is 31.7. The van der Waals surface area contributed by atoms with E-state index in [1.165, 1.54) is 5.69 Å². The maximum Gasteiger partial charge on any atom is 0.410 e. The zero-order valence-corrected chi connectivity index (χ0v) is 31.7. The summed E-state index contributed by atoms with van der Waals surface area (Å²) >= 11 is 0. The lowest BCUT2D eigenvalue weighted by Crippen LogP contribution is -2.51. The number of aryl methyl sites for hydroxylation is 1. The van der Waals surface area contributed by atoms with Gasteiger partial charge in [0, 0.05) is 64.3 Å². The molecule has 0 N–H and O–H groups in total. The largest absolute Gasteiger partial charge is 0.473 e. The first kappa shape index (κ1) is 36.3. The van der Waals surface area contributed by atoms with E-state index in [1.807, 2.05) is 110 Å². The fourth-order valence-electron chi connectivity index (χ4n) is 7.48. The van der Waals surface area contributed by atoms with Gasteiger partial charge in [0.25, 0.3) is 0 Å². The van der Waals surface area contributed by atoms with Crippen molar-refractivity contribution >= 4 is 22.7 Å². The van der Waals surface area contributed by atoms with Gasteiger partial charge in [0.1, 0.15) is 24.5 Å². The number of likely N-dealkylation sites (tertiary alicyclic amines) is 1. The molecule has 10 nitrogen and oxygen atoms in total. The molecule has 0 spiro atoms. The number of para-hydroxylation sites is 1. The minimum absolute atomic E-state index is 0.194. The van der Waals surface area contributed by atoms with E-state index < -0.39 is 5.60 Å². The van der Waals surface area contributed by atoms with Crippen molar-refractivity contribution in [3.05, 3.63) is 102 Å². The van der Waals surface area contributed by atoms with Gasteiger partial charge in [-0.05, 0) is 62.3 Å². The molecule has 2 aromatic heterocycles. The third-order valence-electron chi connectivity index (χ3n) is 10.3. The molecule has 0 bridgehead atoms. The van der Waals surface area contributed by atoms with Gasteiger partial charge >= 0.3 is 6.09 Å². The molecule has 0 unspecified atom stereocenters. The molecule has 0 aliphatic carbocycles.